The summed E-state index contributed by atoms with van der Waals surface area (Å²) in [5.74, 6) is 0.851. The zero-order chi connectivity index (χ0) is 12.8. The first-order valence-electron chi connectivity index (χ1n) is 6.62. The third-order valence-electron chi connectivity index (χ3n) is 3.56. The maximum absolute atomic E-state index is 5.67. The number of pyridine rings is 1. The van der Waals surface area contributed by atoms with Crippen LogP contribution in [0.15, 0.2) is 18.5 Å². The molecule has 0 spiro atoms. The van der Waals surface area contributed by atoms with Gasteiger partial charge in [0, 0.05) is 24.4 Å². The Balaban J connectivity index is 1.98. The van der Waals surface area contributed by atoms with Gasteiger partial charge in [-0.15, -0.1) is 0 Å². The zero-order valence-electron chi connectivity index (χ0n) is 11.2. The number of methoxy groups -OCH3 is 1. The van der Waals surface area contributed by atoms with Crippen LogP contribution in [0.2, 0.25) is 0 Å². The molecule has 18 heavy (non-hydrogen) atoms. The lowest BCUT2D eigenvalue weighted by molar-refractivity contribution is 0.0997. The summed E-state index contributed by atoms with van der Waals surface area (Å²) >= 11 is 0. The van der Waals surface area contributed by atoms with Crippen molar-refractivity contribution in [1.82, 2.24) is 10.3 Å². The minimum Gasteiger partial charge on any atom is -0.495 e. The smallest absolute Gasteiger partial charge is 0.141 e. The molecule has 0 radical (unpaired) electrons. The van der Waals surface area contributed by atoms with E-state index in [2.05, 4.69) is 10.3 Å². The van der Waals surface area contributed by atoms with Crippen LogP contribution in [0.4, 0.5) is 0 Å². The van der Waals surface area contributed by atoms with Crippen molar-refractivity contribution in [1.29, 1.82) is 0 Å². The molecule has 4 heteroatoms. The third-order valence-corrected chi connectivity index (χ3v) is 3.56. The van der Waals surface area contributed by atoms with Gasteiger partial charge in [-0.2, -0.15) is 0 Å². The minimum atomic E-state index is 0.298. The Morgan fingerprint density at radius 3 is 3.17 bits per heavy atom. The molecule has 1 saturated heterocycles. The molecular weight excluding hydrogens is 228 g/mol. The van der Waals surface area contributed by atoms with Crippen molar-refractivity contribution in [2.24, 2.45) is 0 Å². The Morgan fingerprint density at radius 2 is 2.50 bits per heavy atom. The van der Waals surface area contributed by atoms with Crippen LogP contribution in [0.1, 0.15) is 37.3 Å². The van der Waals surface area contributed by atoms with Crippen molar-refractivity contribution >= 4 is 0 Å². The number of nitrogens with zero attached hydrogens (tertiary/aromatic N) is 1. The molecule has 0 bridgehead atoms. The van der Waals surface area contributed by atoms with Crippen molar-refractivity contribution < 1.29 is 9.47 Å². The van der Waals surface area contributed by atoms with E-state index in [0.29, 0.717) is 12.1 Å². The van der Waals surface area contributed by atoms with E-state index in [9.17, 15) is 0 Å². The molecule has 0 aliphatic carbocycles. The van der Waals surface area contributed by atoms with Crippen LogP contribution in [0.5, 0.6) is 5.75 Å². The molecule has 4 nitrogen and oxygen atoms in total. The topological polar surface area (TPSA) is 43.4 Å². The minimum absolute atomic E-state index is 0.298. The Bertz CT molecular complexity index is 365. The molecule has 2 atom stereocenters. The lowest BCUT2D eigenvalue weighted by atomic mass is 9.99. The normalized spacial score (nSPS) is 20.9. The van der Waals surface area contributed by atoms with Gasteiger partial charge in [0.15, 0.2) is 0 Å². The highest BCUT2D eigenvalue weighted by Crippen LogP contribution is 2.28. The van der Waals surface area contributed by atoms with Gasteiger partial charge in [0.2, 0.25) is 0 Å². The fourth-order valence-electron chi connectivity index (χ4n) is 2.53. The van der Waals surface area contributed by atoms with Gasteiger partial charge in [-0.05, 0) is 38.8 Å². The number of ether oxygens (including phenoxy) is 2. The maximum atomic E-state index is 5.67. The number of hydrogen-bond acceptors (Lipinski definition) is 4. The summed E-state index contributed by atoms with van der Waals surface area (Å²) in [5.41, 5.74) is 1.17. The zero-order valence-corrected chi connectivity index (χ0v) is 11.2. The molecule has 1 aromatic heterocycles. The van der Waals surface area contributed by atoms with Gasteiger partial charge < -0.3 is 14.8 Å². The summed E-state index contributed by atoms with van der Waals surface area (Å²) in [6.07, 6.45) is 8.57. The van der Waals surface area contributed by atoms with Gasteiger partial charge in [-0.3, -0.25) is 4.98 Å². The molecule has 100 valence electrons. The molecule has 1 aliphatic rings. The summed E-state index contributed by atoms with van der Waals surface area (Å²) in [4.78, 5) is 4.09. The number of nitrogens with one attached hydrogen (secondary N) is 1. The highest BCUT2D eigenvalue weighted by atomic mass is 16.5. The average Bonchev–Trinajstić information content (AvgIpc) is 2.93. The van der Waals surface area contributed by atoms with E-state index in [1.54, 1.807) is 13.3 Å². The molecule has 2 unspecified atom stereocenters. The standard InChI is InChI=1S/C14H22N2O2/c1-15-13(6-5-11-4-3-9-18-11)12-7-8-16-10-14(12)17-2/h7-8,10-11,13,15H,3-6,9H2,1-2H3. The molecule has 1 N–H and O–H groups in total. The highest BCUT2D eigenvalue weighted by Gasteiger charge is 2.19. The second-order valence-corrected chi connectivity index (χ2v) is 4.67. The quantitative estimate of drug-likeness (QED) is 0.841. The van der Waals surface area contributed by atoms with Crippen molar-refractivity contribution in [3.05, 3.63) is 24.0 Å². The van der Waals surface area contributed by atoms with Gasteiger partial charge in [0.1, 0.15) is 5.75 Å². The molecule has 0 aromatic carbocycles. The Labute approximate surface area is 109 Å². The Morgan fingerprint density at radius 1 is 1.61 bits per heavy atom. The first-order chi connectivity index (χ1) is 8.85. The van der Waals surface area contributed by atoms with Crippen molar-refractivity contribution in [3.63, 3.8) is 0 Å². The predicted octanol–water partition coefficient (Wildman–Crippen LogP) is 2.31. The largest absolute Gasteiger partial charge is 0.495 e. The van der Waals surface area contributed by atoms with Crippen LogP contribution in [0.3, 0.4) is 0 Å². The Hall–Kier alpha value is -1.13. The fourth-order valence-corrected chi connectivity index (χ4v) is 2.53. The van der Waals surface area contributed by atoms with Crippen molar-refractivity contribution in [2.45, 2.75) is 37.8 Å². The predicted molar refractivity (Wildman–Crippen MR) is 70.8 cm³/mol. The monoisotopic (exact) mass is 250 g/mol. The lowest BCUT2D eigenvalue weighted by Crippen LogP contribution is -2.19. The molecule has 0 amide bonds. The van der Waals surface area contributed by atoms with E-state index in [1.807, 2.05) is 19.3 Å². The number of hydrogen-bond donors (Lipinski definition) is 1. The first-order valence-corrected chi connectivity index (χ1v) is 6.62. The maximum Gasteiger partial charge on any atom is 0.141 e. The molecule has 0 saturated carbocycles. The summed E-state index contributed by atoms with van der Waals surface area (Å²) in [6, 6.07) is 2.32. The molecule has 1 aromatic rings. The number of aromatic nitrogens is 1. The molecule has 2 heterocycles. The third kappa shape index (κ3) is 3.21. The molecule has 2 rings (SSSR count). The summed E-state index contributed by atoms with van der Waals surface area (Å²) < 4.78 is 11.0. The highest BCUT2D eigenvalue weighted by molar-refractivity contribution is 5.32. The van der Waals surface area contributed by atoms with Gasteiger partial charge in [-0.1, -0.05) is 0 Å². The van der Waals surface area contributed by atoms with Crippen LogP contribution >= 0.6 is 0 Å². The van der Waals surface area contributed by atoms with Crippen LogP contribution in [0, 0.1) is 0 Å². The second kappa shape index (κ2) is 6.71. The first kappa shape index (κ1) is 13.3. The summed E-state index contributed by atoms with van der Waals surface area (Å²) in [6.45, 7) is 0.924. The van der Waals surface area contributed by atoms with E-state index in [1.165, 1.54) is 18.4 Å². The van der Waals surface area contributed by atoms with E-state index < -0.39 is 0 Å². The van der Waals surface area contributed by atoms with Gasteiger partial charge in [-0.25, -0.2) is 0 Å². The van der Waals surface area contributed by atoms with Gasteiger partial charge in [0.05, 0.1) is 19.4 Å². The number of rotatable bonds is 6. The van der Waals surface area contributed by atoms with Gasteiger partial charge in [0.25, 0.3) is 0 Å². The van der Waals surface area contributed by atoms with Crippen LogP contribution in [0.25, 0.3) is 0 Å². The molecular formula is C14H22N2O2. The van der Waals surface area contributed by atoms with Crippen LogP contribution in [-0.4, -0.2) is 31.9 Å². The van der Waals surface area contributed by atoms with Crippen LogP contribution in [-0.2, 0) is 4.74 Å². The molecule has 1 fully saturated rings. The van der Waals surface area contributed by atoms with Gasteiger partial charge >= 0.3 is 0 Å². The summed E-state index contributed by atoms with van der Waals surface area (Å²) in [7, 11) is 3.67. The molecule has 1 aliphatic heterocycles. The van der Waals surface area contributed by atoms with Crippen molar-refractivity contribution in [3.8, 4) is 5.75 Å². The van der Waals surface area contributed by atoms with E-state index in [4.69, 9.17) is 9.47 Å². The van der Waals surface area contributed by atoms with Crippen molar-refractivity contribution in [2.75, 3.05) is 20.8 Å². The van der Waals surface area contributed by atoms with Crippen LogP contribution < -0.4 is 10.1 Å². The van der Waals surface area contributed by atoms with E-state index in [-0.39, 0.29) is 0 Å². The average molecular weight is 250 g/mol. The SMILES string of the molecule is CNC(CCC1CCCO1)c1ccncc1OC. The Kier molecular flexibility index (Phi) is 4.96. The fraction of sp³-hybridized carbons (Fsp3) is 0.643. The summed E-state index contributed by atoms with van der Waals surface area (Å²) in [5, 5.41) is 3.35. The van der Waals surface area contributed by atoms with E-state index >= 15 is 0 Å². The lowest BCUT2D eigenvalue weighted by Gasteiger charge is -2.20. The van der Waals surface area contributed by atoms with E-state index in [0.717, 1.165) is 25.2 Å². The second-order valence-electron chi connectivity index (χ2n) is 4.67.